The zero-order valence-corrected chi connectivity index (χ0v) is 10.2. The van der Waals surface area contributed by atoms with E-state index in [9.17, 15) is 9.90 Å². The normalized spacial score (nSPS) is 22.4. The van der Waals surface area contributed by atoms with Gasteiger partial charge >= 0.3 is 5.97 Å². The Hall–Kier alpha value is -1.75. The molecule has 0 spiro atoms. The van der Waals surface area contributed by atoms with E-state index in [1.807, 2.05) is 24.1 Å². The number of carboxylic acid groups (broad SMARTS) is 1. The summed E-state index contributed by atoms with van der Waals surface area (Å²) >= 11 is 0. The van der Waals surface area contributed by atoms with E-state index in [-0.39, 0.29) is 0 Å². The monoisotopic (exact) mass is 249 g/mol. The second kappa shape index (κ2) is 4.17. The zero-order chi connectivity index (χ0) is 12.7. The Bertz CT molecular complexity index is 500. The number of fused-ring (bicyclic) bond motifs is 2. The number of rotatable bonds is 1. The molecule has 1 atom stereocenters. The largest absolute Gasteiger partial charge is 0.486 e. The molecule has 5 nitrogen and oxygen atoms in total. The van der Waals surface area contributed by atoms with Crippen molar-refractivity contribution >= 4 is 5.97 Å². The molecule has 3 rings (SSSR count). The smallest absolute Gasteiger partial charge is 0.325 e. The van der Waals surface area contributed by atoms with Crippen LogP contribution in [0.3, 0.4) is 0 Å². The number of aliphatic carboxylic acids is 1. The Kier molecular flexibility index (Phi) is 2.63. The Labute approximate surface area is 105 Å². The molecule has 1 aromatic carbocycles. The summed E-state index contributed by atoms with van der Waals surface area (Å²) in [4.78, 5) is 13.2. The molecule has 96 valence electrons. The molecule has 0 saturated heterocycles. The van der Waals surface area contributed by atoms with Gasteiger partial charge in [0.1, 0.15) is 19.3 Å². The van der Waals surface area contributed by atoms with Gasteiger partial charge in [0.15, 0.2) is 11.5 Å². The van der Waals surface area contributed by atoms with E-state index < -0.39 is 12.0 Å². The second-order valence-corrected chi connectivity index (χ2v) is 4.67. The van der Waals surface area contributed by atoms with Gasteiger partial charge in [-0.1, -0.05) is 0 Å². The van der Waals surface area contributed by atoms with Gasteiger partial charge in [0, 0.05) is 6.54 Å². The number of ether oxygens (including phenoxy) is 2. The third-order valence-corrected chi connectivity index (χ3v) is 3.51. The lowest BCUT2D eigenvalue weighted by atomic mass is 9.92. The van der Waals surface area contributed by atoms with Crippen molar-refractivity contribution < 1.29 is 19.4 Å². The minimum atomic E-state index is -0.824. The van der Waals surface area contributed by atoms with Gasteiger partial charge < -0.3 is 14.6 Å². The van der Waals surface area contributed by atoms with Crippen molar-refractivity contribution in [3.8, 4) is 11.5 Å². The number of carbonyl (C=O) groups is 1. The van der Waals surface area contributed by atoms with Crippen LogP contribution in [0, 0.1) is 0 Å². The van der Waals surface area contributed by atoms with Gasteiger partial charge in [-0.3, -0.25) is 9.69 Å². The molecule has 1 N–H and O–H groups in total. The van der Waals surface area contributed by atoms with Crippen LogP contribution in [0.25, 0.3) is 0 Å². The standard InChI is InChI=1S/C13H15NO4/c1-14-3-2-8-6-10-11(18-5-4-17-10)7-9(8)12(14)13(15)16/h6-7,12H,2-5H2,1H3,(H,15,16). The molecule has 0 radical (unpaired) electrons. The summed E-state index contributed by atoms with van der Waals surface area (Å²) in [5.74, 6) is 0.561. The van der Waals surface area contributed by atoms with E-state index >= 15 is 0 Å². The summed E-state index contributed by atoms with van der Waals surface area (Å²) in [6.07, 6.45) is 0.840. The van der Waals surface area contributed by atoms with Crippen molar-refractivity contribution in [1.82, 2.24) is 4.90 Å². The minimum Gasteiger partial charge on any atom is -0.486 e. The van der Waals surface area contributed by atoms with Gasteiger partial charge in [-0.25, -0.2) is 0 Å². The molecule has 1 aromatic rings. The molecule has 18 heavy (non-hydrogen) atoms. The van der Waals surface area contributed by atoms with Crippen molar-refractivity contribution in [2.24, 2.45) is 0 Å². The van der Waals surface area contributed by atoms with Crippen molar-refractivity contribution in [2.45, 2.75) is 12.5 Å². The molecule has 0 fully saturated rings. The van der Waals surface area contributed by atoms with Gasteiger partial charge in [0.05, 0.1) is 0 Å². The van der Waals surface area contributed by atoms with Crippen LogP contribution >= 0.6 is 0 Å². The lowest BCUT2D eigenvalue weighted by Gasteiger charge is -2.33. The maximum atomic E-state index is 11.4. The molecule has 0 amide bonds. The van der Waals surface area contributed by atoms with Crippen LogP contribution in [-0.4, -0.2) is 42.8 Å². The van der Waals surface area contributed by atoms with Crippen LogP contribution in [0.4, 0.5) is 0 Å². The minimum absolute atomic E-state index is 0.513. The third kappa shape index (κ3) is 1.71. The van der Waals surface area contributed by atoms with Crippen LogP contribution < -0.4 is 9.47 Å². The molecule has 2 heterocycles. The number of hydrogen-bond donors (Lipinski definition) is 1. The van der Waals surface area contributed by atoms with Crippen LogP contribution in [0.15, 0.2) is 12.1 Å². The average Bonchev–Trinajstić information content (AvgIpc) is 2.36. The molecule has 0 saturated carbocycles. The van der Waals surface area contributed by atoms with E-state index in [4.69, 9.17) is 9.47 Å². The van der Waals surface area contributed by atoms with E-state index in [2.05, 4.69) is 0 Å². The predicted octanol–water partition coefficient (Wildman–Crippen LogP) is 1.07. The summed E-state index contributed by atoms with van der Waals surface area (Å²) in [5.41, 5.74) is 1.87. The third-order valence-electron chi connectivity index (χ3n) is 3.51. The van der Waals surface area contributed by atoms with Crippen molar-refractivity contribution in [2.75, 3.05) is 26.8 Å². The van der Waals surface area contributed by atoms with E-state index in [1.54, 1.807) is 0 Å². The van der Waals surface area contributed by atoms with Gasteiger partial charge in [-0.2, -0.15) is 0 Å². The lowest BCUT2D eigenvalue weighted by molar-refractivity contribution is -0.143. The number of carboxylic acids is 1. The van der Waals surface area contributed by atoms with Gasteiger partial charge in [-0.15, -0.1) is 0 Å². The zero-order valence-electron chi connectivity index (χ0n) is 10.2. The summed E-state index contributed by atoms with van der Waals surface area (Å²) in [6.45, 7) is 1.80. The summed E-state index contributed by atoms with van der Waals surface area (Å²) in [7, 11) is 1.83. The fourth-order valence-corrected chi connectivity index (χ4v) is 2.60. The van der Waals surface area contributed by atoms with Gasteiger partial charge in [0.2, 0.25) is 0 Å². The highest BCUT2D eigenvalue weighted by molar-refractivity contribution is 5.77. The molecule has 2 aliphatic rings. The molecular weight excluding hydrogens is 234 g/mol. The Morgan fingerprint density at radius 3 is 2.67 bits per heavy atom. The second-order valence-electron chi connectivity index (χ2n) is 4.67. The number of nitrogens with zero attached hydrogens (tertiary/aromatic N) is 1. The maximum absolute atomic E-state index is 11.4. The van der Waals surface area contributed by atoms with E-state index in [1.165, 1.54) is 0 Å². The lowest BCUT2D eigenvalue weighted by Crippen LogP contribution is -2.37. The summed E-state index contributed by atoms with van der Waals surface area (Å²) in [5, 5.41) is 9.35. The summed E-state index contributed by atoms with van der Waals surface area (Å²) < 4.78 is 11.0. The number of hydrogen-bond acceptors (Lipinski definition) is 4. The SMILES string of the molecule is CN1CCc2cc3c(cc2C1C(=O)O)OCCO3. The Balaban J connectivity index is 2.09. The average molecular weight is 249 g/mol. The van der Waals surface area contributed by atoms with Gasteiger partial charge in [0.25, 0.3) is 0 Å². The first kappa shape index (κ1) is 11.3. The quantitative estimate of drug-likeness (QED) is 0.806. The van der Waals surface area contributed by atoms with Crippen LogP contribution in [0.2, 0.25) is 0 Å². The first-order valence-corrected chi connectivity index (χ1v) is 6.02. The Morgan fingerprint density at radius 2 is 2.00 bits per heavy atom. The van der Waals surface area contributed by atoms with Crippen LogP contribution in [0.5, 0.6) is 11.5 Å². The van der Waals surface area contributed by atoms with E-state index in [0.29, 0.717) is 19.0 Å². The van der Waals surface area contributed by atoms with Crippen molar-refractivity contribution in [3.05, 3.63) is 23.3 Å². The molecule has 2 aliphatic heterocycles. The molecule has 0 aliphatic carbocycles. The van der Waals surface area contributed by atoms with Crippen molar-refractivity contribution in [1.29, 1.82) is 0 Å². The number of benzene rings is 1. The molecular formula is C13H15NO4. The highest BCUT2D eigenvalue weighted by Gasteiger charge is 2.32. The topological polar surface area (TPSA) is 59.0 Å². The molecule has 0 bridgehead atoms. The number of likely N-dealkylation sites (N-methyl/N-ethyl adjacent to an activating group) is 1. The fraction of sp³-hybridized carbons (Fsp3) is 0.462. The summed E-state index contributed by atoms with van der Waals surface area (Å²) in [6, 6.07) is 3.15. The fourth-order valence-electron chi connectivity index (χ4n) is 2.60. The highest BCUT2D eigenvalue weighted by atomic mass is 16.6. The first-order chi connectivity index (χ1) is 8.66. The van der Waals surface area contributed by atoms with Crippen LogP contribution in [-0.2, 0) is 11.2 Å². The Morgan fingerprint density at radius 1 is 1.33 bits per heavy atom. The first-order valence-electron chi connectivity index (χ1n) is 6.02. The van der Waals surface area contributed by atoms with Crippen molar-refractivity contribution in [3.63, 3.8) is 0 Å². The van der Waals surface area contributed by atoms with E-state index in [0.717, 1.165) is 29.8 Å². The molecule has 5 heteroatoms. The maximum Gasteiger partial charge on any atom is 0.325 e. The highest BCUT2D eigenvalue weighted by Crippen LogP contribution is 2.39. The molecule has 1 unspecified atom stereocenters. The van der Waals surface area contributed by atoms with Gasteiger partial charge in [-0.05, 0) is 36.7 Å². The molecule has 0 aromatic heterocycles. The van der Waals surface area contributed by atoms with Crippen LogP contribution in [0.1, 0.15) is 17.2 Å². The predicted molar refractivity (Wildman–Crippen MR) is 64.1 cm³/mol.